The van der Waals surface area contributed by atoms with Gasteiger partial charge in [-0.25, -0.2) is 4.79 Å². The fraction of sp³-hybridized carbons (Fsp3) is 0.412. The van der Waals surface area contributed by atoms with Crippen LogP contribution in [-0.2, 0) is 23.9 Å². The number of carbonyl (C=O) groups is 4. The van der Waals surface area contributed by atoms with Gasteiger partial charge in [0.2, 0.25) is 5.91 Å². The monoisotopic (exact) mass is 364 g/mol. The Morgan fingerprint density at radius 3 is 2.58 bits per heavy atom. The molecule has 1 aliphatic rings. The summed E-state index contributed by atoms with van der Waals surface area (Å²) in [6.07, 6.45) is -2.18. The summed E-state index contributed by atoms with van der Waals surface area (Å²) in [6.45, 7) is 1.44. The molecular formula is C17H20N2O7. The first-order valence-corrected chi connectivity index (χ1v) is 7.90. The maximum atomic E-state index is 12.3. The normalized spacial score (nSPS) is 17.4. The molecule has 0 unspecified atom stereocenters. The summed E-state index contributed by atoms with van der Waals surface area (Å²) in [4.78, 5) is 48.7. The predicted octanol–water partition coefficient (Wildman–Crippen LogP) is 0.862. The summed E-state index contributed by atoms with van der Waals surface area (Å²) < 4.78 is 14.6. The van der Waals surface area contributed by atoms with Crippen LogP contribution < -0.4 is 15.0 Å². The second-order valence-electron chi connectivity index (χ2n) is 5.64. The van der Waals surface area contributed by atoms with Gasteiger partial charge in [0.25, 0.3) is 5.91 Å². The smallest absolute Gasteiger partial charge is 0.413 e. The molecule has 2 atom stereocenters. The lowest BCUT2D eigenvalue weighted by Crippen LogP contribution is -2.40. The molecule has 1 aromatic rings. The molecule has 0 bridgehead atoms. The summed E-state index contributed by atoms with van der Waals surface area (Å²) >= 11 is 0. The van der Waals surface area contributed by atoms with Crippen LogP contribution in [-0.4, -0.2) is 50.7 Å². The minimum Gasteiger partial charge on any atom is -0.495 e. The predicted molar refractivity (Wildman–Crippen MR) is 89.6 cm³/mol. The van der Waals surface area contributed by atoms with E-state index in [0.29, 0.717) is 11.4 Å². The Balaban J connectivity index is 2.00. The van der Waals surface area contributed by atoms with Crippen molar-refractivity contribution in [2.24, 2.45) is 5.92 Å². The number of benzene rings is 1. The lowest BCUT2D eigenvalue weighted by atomic mass is 10.1. The highest BCUT2D eigenvalue weighted by Gasteiger charge is 2.38. The highest BCUT2D eigenvalue weighted by atomic mass is 16.6. The maximum absolute atomic E-state index is 12.3. The number of carbonyl (C=O) groups excluding carboxylic acids is 4. The molecule has 3 amide bonds. The Morgan fingerprint density at radius 2 is 1.92 bits per heavy atom. The largest absolute Gasteiger partial charge is 0.495 e. The fourth-order valence-electron chi connectivity index (χ4n) is 2.53. The zero-order valence-corrected chi connectivity index (χ0v) is 14.7. The second-order valence-corrected chi connectivity index (χ2v) is 5.64. The molecule has 0 saturated carbocycles. The van der Waals surface area contributed by atoms with Gasteiger partial charge < -0.3 is 19.1 Å². The lowest BCUT2D eigenvalue weighted by Gasteiger charge is -2.19. The maximum Gasteiger partial charge on any atom is 0.413 e. The quantitative estimate of drug-likeness (QED) is 0.771. The highest BCUT2D eigenvalue weighted by Crippen LogP contribution is 2.33. The Labute approximate surface area is 150 Å². The topological polar surface area (TPSA) is 111 Å². The number of methoxy groups -OCH3 is 2. The first kappa shape index (κ1) is 19.2. The minimum atomic E-state index is -1.20. The summed E-state index contributed by atoms with van der Waals surface area (Å²) in [5, 5.41) is 1.91. The van der Waals surface area contributed by atoms with Crippen molar-refractivity contribution < 1.29 is 33.4 Å². The molecule has 0 spiro atoms. The number of hydrogen-bond donors (Lipinski definition) is 1. The molecule has 1 saturated heterocycles. The van der Waals surface area contributed by atoms with Crippen LogP contribution in [0.15, 0.2) is 24.3 Å². The molecule has 0 radical (unpaired) electrons. The number of nitrogens with zero attached hydrogens (tertiary/aromatic N) is 1. The van der Waals surface area contributed by atoms with Gasteiger partial charge in [0.05, 0.1) is 25.8 Å². The third-order valence-electron chi connectivity index (χ3n) is 3.91. The van der Waals surface area contributed by atoms with Crippen LogP contribution in [0.1, 0.15) is 13.3 Å². The van der Waals surface area contributed by atoms with Crippen LogP contribution in [0.5, 0.6) is 5.75 Å². The molecule has 0 aromatic heterocycles. The van der Waals surface area contributed by atoms with Gasteiger partial charge >= 0.3 is 12.1 Å². The summed E-state index contributed by atoms with van der Waals surface area (Å²) in [5.41, 5.74) is 0.562. The Hall–Kier alpha value is -3.10. The van der Waals surface area contributed by atoms with E-state index in [4.69, 9.17) is 9.47 Å². The Morgan fingerprint density at radius 1 is 1.23 bits per heavy atom. The number of para-hydroxylation sites is 2. The SMILES string of the molecule is COC(=O)NC(=O)[C@H](C)OC(=O)[C@@H]1CC(=O)N(c2ccccc2OC)C1. The zero-order chi connectivity index (χ0) is 19.3. The van der Waals surface area contributed by atoms with Gasteiger partial charge in [0, 0.05) is 13.0 Å². The van der Waals surface area contributed by atoms with Gasteiger partial charge in [-0.1, -0.05) is 12.1 Å². The standard InChI is InChI=1S/C17H20N2O7/c1-10(15(21)18-17(23)25-3)26-16(22)11-8-14(20)19(9-11)12-6-4-5-7-13(12)24-2/h4-7,10-11H,8-9H2,1-3H3,(H,18,21,23)/t10-,11+/m0/s1. The Kier molecular flexibility index (Phi) is 6.16. The van der Waals surface area contributed by atoms with E-state index in [9.17, 15) is 19.2 Å². The molecule has 1 fully saturated rings. The number of hydrogen-bond acceptors (Lipinski definition) is 7. The van der Waals surface area contributed by atoms with Gasteiger partial charge in [-0.2, -0.15) is 0 Å². The van der Waals surface area contributed by atoms with Gasteiger partial charge in [-0.15, -0.1) is 0 Å². The van der Waals surface area contributed by atoms with E-state index in [1.807, 2.05) is 5.32 Å². The van der Waals surface area contributed by atoms with Crippen molar-refractivity contribution in [3.05, 3.63) is 24.3 Å². The number of esters is 1. The first-order chi connectivity index (χ1) is 12.4. The van der Waals surface area contributed by atoms with E-state index in [0.717, 1.165) is 7.11 Å². The van der Waals surface area contributed by atoms with Crippen molar-refractivity contribution in [1.29, 1.82) is 0 Å². The van der Waals surface area contributed by atoms with Crippen LogP contribution in [0, 0.1) is 5.92 Å². The summed E-state index contributed by atoms with van der Waals surface area (Å²) in [6, 6.07) is 6.97. The van der Waals surface area contributed by atoms with Crippen molar-refractivity contribution in [2.45, 2.75) is 19.4 Å². The van der Waals surface area contributed by atoms with E-state index in [2.05, 4.69) is 4.74 Å². The lowest BCUT2D eigenvalue weighted by molar-refractivity contribution is -0.158. The molecular weight excluding hydrogens is 344 g/mol. The molecule has 2 rings (SSSR count). The number of imide groups is 1. The molecule has 1 heterocycles. The summed E-state index contributed by atoms with van der Waals surface area (Å²) in [7, 11) is 2.60. The molecule has 0 aliphatic carbocycles. The van der Waals surface area contributed by atoms with E-state index < -0.39 is 30.0 Å². The summed E-state index contributed by atoms with van der Waals surface area (Å²) in [5.74, 6) is -1.95. The number of ether oxygens (including phenoxy) is 3. The number of nitrogens with one attached hydrogen (secondary N) is 1. The molecule has 1 N–H and O–H groups in total. The van der Waals surface area contributed by atoms with Crippen molar-refractivity contribution in [2.75, 3.05) is 25.7 Å². The van der Waals surface area contributed by atoms with Crippen LogP contribution in [0.25, 0.3) is 0 Å². The Bertz CT molecular complexity index is 719. The number of alkyl carbamates (subject to hydrolysis) is 1. The average molecular weight is 364 g/mol. The molecule has 26 heavy (non-hydrogen) atoms. The van der Waals surface area contributed by atoms with Gasteiger partial charge in [-0.3, -0.25) is 19.7 Å². The van der Waals surface area contributed by atoms with Crippen molar-refractivity contribution in [3.8, 4) is 5.75 Å². The van der Waals surface area contributed by atoms with Crippen LogP contribution in [0.4, 0.5) is 10.5 Å². The van der Waals surface area contributed by atoms with Crippen molar-refractivity contribution >= 4 is 29.6 Å². The number of amides is 3. The third-order valence-corrected chi connectivity index (χ3v) is 3.91. The molecule has 1 aromatic carbocycles. The second kappa shape index (κ2) is 8.32. The minimum absolute atomic E-state index is 0.0395. The third kappa shape index (κ3) is 4.29. The van der Waals surface area contributed by atoms with E-state index in [-0.39, 0.29) is 18.9 Å². The van der Waals surface area contributed by atoms with Gasteiger partial charge in [0.15, 0.2) is 6.10 Å². The van der Waals surface area contributed by atoms with Gasteiger partial charge in [-0.05, 0) is 19.1 Å². The number of anilines is 1. The first-order valence-electron chi connectivity index (χ1n) is 7.90. The van der Waals surface area contributed by atoms with Crippen molar-refractivity contribution in [3.63, 3.8) is 0 Å². The molecule has 140 valence electrons. The fourth-order valence-corrected chi connectivity index (χ4v) is 2.53. The van der Waals surface area contributed by atoms with E-state index >= 15 is 0 Å². The van der Waals surface area contributed by atoms with E-state index in [1.165, 1.54) is 18.9 Å². The molecule has 9 heteroatoms. The zero-order valence-electron chi connectivity index (χ0n) is 14.7. The highest BCUT2D eigenvalue weighted by molar-refractivity contribution is 6.01. The van der Waals surface area contributed by atoms with Crippen LogP contribution in [0.2, 0.25) is 0 Å². The van der Waals surface area contributed by atoms with E-state index in [1.54, 1.807) is 24.3 Å². The molecule has 9 nitrogen and oxygen atoms in total. The van der Waals surface area contributed by atoms with Crippen LogP contribution >= 0.6 is 0 Å². The van der Waals surface area contributed by atoms with Gasteiger partial charge in [0.1, 0.15) is 5.75 Å². The number of rotatable bonds is 5. The van der Waals surface area contributed by atoms with Crippen LogP contribution in [0.3, 0.4) is 0 Å². The average Bonchev–Trinajstić information content (AvgIpc) is 3.03. The van der Waals surface area contributed by atoms with Crippen molar-refractivity contribution in [1.82, 2.24) is 5.32 Å². The molecule has 1 aliphatic heterocycles.